The molecule has 1 aliphatic heterocycles. The fourth-order valence-electron chi connectivity index (χ4n) is 3.61. The molecule has 1 N–H and O–H groups in total. The fourth-order valence-corrected chi connectivity index (χ4v) is 3.61. The molecule has 0 aliphatic carbocycles. The molecule has 3 nitrogen and oxygen atoms in total. The Balaban J connectivity index is 1.79. The lowest BCUT2D eigenvalue weighted by atomic mass is 10.1. The normalized spacial score (nSPS) is 16.8. The van der Waals surface area contributed by atoms with E-state index in [9.17, 15) is 4.79 Å². The van der Waals surface area contributed by atoms with E-state index in [1.165, 1.54) is 11.1 Å². The summed E-state index contributed by atoms with van der Waals surface area (Å²) in [6, 6.07) is 14.3. The average molecular weight is 304 g/mol. The lowest BCUT2D eigenvalue weighted by Crippen LogP contribution is -2.35. The summed E-state index contributed by atoms with van der Waals surface area (Å²) < 4.78 is 0. The van der Waals surface area contributed by atoms with Crippen molar-refractivity contribution in [3.63, 3.8) is 0 Å². The number of aromatic nitrogens is 1. The van der Waals surface area contributed by atoms with E-state index in [1.807, 2.05) is 41.3 Å². The molecule has 3 aromatic rings. The van der Waals surface area contributed by atoms with Crippen LogP contribution >= 0.6 is 0 Å². The summed E-state index contributed by atoms with van der Waals surface area (Å²) in [5, 5.41) is 1.13. The molecule has 2 heterocycles. The minimum absolute atomic E-state index is 0.0857. The van der Waals surface area contributed by atoms with E-state index in [0.29, 0.717) is 0 Å². The maximum Gasteiger partial charge on any atom is 0.258 e. The van der Waals surface area contributed by atoms with Gasteiger partial charge in [0.2, 0.25) is 0 Å². The number of hydrogen-bond acceptors (Lipinski definition) is 1. The van der Waals surface area contributed by atoms with Crippen molar-refractivity contribution >= 4 is 22.5 Å². The summed E-state index contributed by atoms with van der Waals surface area (Å²) in [4.78, 5) is 18.4. The van der Waals surface area contributed by atoms with Gasteiger partial charge in [-0.3, -0.25) is 4.79 Å². The van der Waals surface area contributed by atoms with Crippen molar-refractivity contribution in [2.24, 2.45) is 0 Å². The van der Waals surface area contributed by atoms with Gasteiger partial charge in [0, 0.05) is 33.9 Å². The number of para-hydroxylation sites is 1. The minimum Gasteiger partial charge on any atom is -0.358 e. The second kappa shape index (κ2) is 4.98. The predicted molar refractivity (Wildman–Crippen MR) is 94.2 cm³/mol. The van der Waals surface area contributed by atoms with Gasteiger partial charge in [0.1, 0.15) is 0 Å². The van der Waals surface area contributed by atoms with Crippen molar-refractivity contribution in [1.82, 2.24) is 4.98 Å². The molecule has 116 valence electrons. The Bertz CT molecular complexity index is 923. The summed E-state index contributed by atoms with van der Waals surface area (Å²) in [5.74, 6) is 0.0857. The Morgan fingerprint density at radius 2 is 1.96 bits per heavy atom. The monoisotopic (exact) mass is 304 g/mol. The molecule has 1 aliphatic rings. The number of H-pyrrole nitrogens is 1. The maximum absolute atomic E-state index is 13.1. The topological polar surface area (TPSA) is 36.1 Å². The quantitative estimate of drug-likeness (QED) is 0.711. The number of rotatable bonds is 1. The van der Waals surface area contributed by atoms with Crippen molar-refractivity contribution in [2.45, 2.75) is 33.2 Å². The van der Waals surface area contributed by atoms with Crippen LogP contribution in [0.15, 0.2) is 42.5 Å². The highest BCUT2D eigenvalue weighted by Crippen LogP contribution is 2.33. The first-order valence-corrected chi connectivity index (χ1v) is 8.06. The first-order chi connectivity index (χ1) is 11.1. The zero-order valence-corrected chi connectivity index (χ0v) is 13.7. The number of hydrogen-bond donors (Lipinski definition) is 1. The molecule has 0 saturated carbocycles. The number of anilines is 1. The summed E-state index contributed by atoms with van der Waals surface area (Å²) in [5.41, 5.74) is 6.51. The third-order valence-electron chi connectivity index (χ3n) is 4.98. The number of amides is 1. The van der Waals surface area contributed by atoms with Crippen molar-refractivity contribution < 1.29 is 4.79 Å². The van der Waals surface area contributed by atoms with Crippen LogP contribution < -0.4 is 4.90 Å². The molecule has 0 fully saturated rings. The first kappa shape index (κ1) is 14.1. The molecule has 0 spiro atoms. The van der Waals surface area contributed by atoms with E-state index in [2.05, 4.69) is 31.8 Å². The van der Waals surface area contributed by atoms with E-state index in [1.54, 1.807) is 0 Å². The third kappa shape index (κ3) is 2.07. The molecule has 0 bridgehead atoms. The van der Waals surface area contributed by atoms with Crippen LogP contribution in [0.4, 0.5) is 5.69 Å². The number of carbonyl (C=O) groups excluding carboxylic acids is 1. The summed E-state index contributed by atoms with van der Waals surface area (Å²) in [6.45, 7) is 6.27. The second-order valence-corrected chi connectivity index (χ2v) is 6.49. The van der Waals surface area contributed by atoms with E-state index in [0.717, 1.165) is 34.3 Å². The number of fused-ring (bicyclic) bond motifs is 2. The summed E-state index contributed by atoms with van der Waals surface area (Å²) >= 11 is 0. The average Bonchev–Trinajstić information content (AvgIpc) is 3.03. The first-order valence-electron chi connectivity index (χ1n) is 8.06. The zero-order valence-electron chi connectivity index (χ0n) is 13.7. The van der Waals surface area contributed by atoms with Crippen molar-refractivity contribution in [3.05, 3.63) is 64.8 Å². The Hall–Kier alpha value is -2.55. The molecule has 23 heavy (non-hydrogen) atoms. The number of nitrogens with one attached hydrogen (secondary N) is 1. The van der Waals surface area contributed by atoms with Gasteiger partial charge in [-0.1, -0.05) is 18.2 Å². The Morgan fingerprint density at radius 1 is 1.17 bits per heavy atom. The van der Waals surface area contributed by atoms with Crippen LogP contribution in [0.5, 0.6) is 0 Å². The van der Waals surface area contributed by atoms with Crippen LogP contribution in [0.1, 0.15) is 34.1 Å². The van der Waals surface area contributed by atoms with E-state index in [4.69, 9.17) is 0 Å². The van der Waals surface area contributed by atoms with Gasteiger partial charge in [-0.15, -0.1) is 0 Å². The number of aromatic amines is 1. The maximum atomic E-state index is 13.1. The molecule has 1 amide bonds. The van der Waals surface area contributed by atoms with E-state index >= 15 is 0 Å². The molecule has 1 aromatic heterocycles. The standard InChI is InChI=1S/C20H20N2O/c1-12-10-15-6-4-5-7-19(15)22(12)20(23)16-8-9-18-17(11-16)13(2)14(3)21-18/h4-9,11-12,21H,10H2,1-3H3. The molecular weight excluding hydrogens is 284 g/mol. The smallest absolute Gasteiger partial charge is 0.258 e. The molecule has 1 unspecified atom stereocenters. The second-order valence-electron chi connectivity index (χ2n) is 6.49. The van der Waals surface area contributed by atoms with Crippen molar-refractivity contribution in [1.29, 1.82) is 0 Å². The number of aryl methyl sites for hydroxylation is 2. The molecule has 3 heteroatoms. The van der Waals surface area contributed by atoms with E-state index < -0.39 is 0 Å². The van der Waals surface area contributed by atoms with Gasteiger partial charge in [-0.2, -0.15) is 0 Å². The predicted octanol–water partition coefficient (Wildman–Crippen LogP) is 4.38. The Labute approximate surface area is 135 Å². The van der Waals surface area contributed by atoms with Gasteiger partial charge >= 0.3 is 0 Å². The number of nitrogens with zero attached hydrogens (tertiary/aromatic N) is 1. The highest BCUT2D eigenvalue weighted by atomic mass is 16.2. The van der Waals surface area contributed by atoms with Crippen LogP contribution in [0.25, 0.3) is 10.9 Å². The minimum atomic E-state index is 0.0857. The van der Waals surface area contributed by atoms with E-state index in [-0.39, 0.29) is 11.9 Å². The van der Waals surface area contributed by atoms with Crippen LogP contribution in [-0.4, -0.2) is 16.9 Å². The molecule has 2 aromatic carbocycles. The van der Waals surface area contributed by atoms with Gasteiger partial charge in [-0.05, 0) is 62.6 Å². The number of carbonyl (C=O) groups is 1. The Morgan fingerprint density at radius 3 is 2.78 bits per heavy atom. The highest BCUT2D eigenvalue weighted by molar-refractivity contribution is 6.09. The molecule has 4 rings (SSSR count). The molecular formula is C20H20N2O. The molecule has 0 radical (unpaired) electrons. The van der Waals surface area contributed by atoms with Gasteiger partial charge < -0.3 is 9.88 Å². The lowest BCUT2D eigenvalue weighted by molar-refractivity contribution is 0.0981. The zero-order chi connectivity index (χ0) is 16.1. The highest BCUT2D eigenvalue weighted by Gasteiger charge is 2.31. The fraction of sp³-hybridized carbons (Fsp3) is 0.250. The molecule has 0 saturated heterocycles. The summed E-state index contributed by atoms with van der Waals surface area (Å²) in [6.07, 6.45) is 0.923. The largest absolute Gasteiger partial charge is 0.358 e. The van der Waals surface area contributed by atoms with Crippen LogP contribution in [0.3, 0.4) is 0 Å². The van der Waals surface area contributed by atoms with Crippen molar-refractivity contribution in [2.75, 3.05) is 4.90 Å². The van der Waals surface area contributed by atoms with Gasteiger partial charge in [0.05, 0.1) is 0 Å². The summed E-state index contributed by atoms with van der Waals surface area (Å²) in [7, 11) is 0. The third-order valence-corrected chi connectivity index (χ3v) is 4.98. The van der Waals surface area contributed by atoms with Crippen LogP contribution in [-0.2, 0) is 6.42 Å². The Kier molecular flexibility index (Phi) is 3.05. The SMILES string of the molecule is Cc1[nH]c2ccc(C(=O)N3c4ccccc4CC3C)cc2c1C. The van der Waals surface area contributed by atoms with Gasteiger partial charge in [-0.25, -0.2) is 0 Å². The van der Waals surface area contributed by atoms with Crippen LogP contribution in [0, 0.1) is 13.8 Å². The number of benzene rings is 2. The van der Waals surface area contributed by atoms with Gasteiger partial charge in [0.25, 0.3) is 5.91 Å². The van der Waals surface area contributed by atoms with Gasteiger partial charge in [0.15, 0.2) is 0 Å². The van der Waals surface area contributed by atoms with Crippen molar-refractivity contribution in [3.8, 4) is 0 Å². The molecule has 1 atom stereocenters. The van der Waals surface area contributed by atoms with Crippen LogP contribution in [0.2, 0.25) is 0 Å². The lowest BCUT2D eigenvalue weighted by Gasteiger charge is -2.23.